The van der Waals surface area contributed by atoms with Crippen LogP contribution in [0.3, 0.4) is 0 Å². The standard InChI is InChI=1S/C12H15FN2O2S/c13-12-5-4-11(8-10(12)9-14)18(16,17)15-6-2-1-3-7-15/h1-2,4-5,8H,3,6-7,9,14H2. The molecule has 0 radical (unpaired) electrons. The molecule has 1 aromatic rings. The van der Waals surface area contributed by atoms with Crippen molar-refractivity contribution in [2.45, 2.75) is 17.9 Å². The van der Waals surface area contributed by atoms with Gasteiger partial charge >= 0.3 is 0 Å². The van der Waals surface area contributed by atoms with Gasteiger partial charge in [0.1, 0.15) is 5.82 Å². The Labute approximate surface area is 106 Å². The van der Waals surface area contributed by atoms with Gasteiger partial charge in [-0.25, -0.2) is 12.8 Å². The van der Waals surface area contributed by atoms with E-state index in [1.807, 2.05) is 12.2 Å². The SMILES string of the molecule is NCc1cc(S(=O)(=O)N2CC=CCC2)ccc1F. The van der Waals surface area contributed by atoms with Crippen molar-refractivity contribution < 1.29 is 12.8 Å². The zero-order valence-corrected chi connectivity index (χ0v) is 10.7. The Balaban J connectivity index is 2.38. The summed E-state index contributed by atoms with van der Waals surface area (Å²) in [5.74, 6) is -0.477. The van der Waals surface area contributed by atoms with E-state index in [0.717, 1.165) is 6.07 Å². The molecule has 0 aliphatic carbocycles. The second kappa shape index (κ2) is 5.17. The number of nitrogens with two attached hydrogens (primary N) is 1. The summed E-state index contributed by atoms with van der Waals surface area (Å²) in [6.07, 6.45) is 4.46. The van der Waals surface area contributed by atoms with Gasteiger partial charge in [0.25, 0.3) is 0 Å². The van der Waals surface area contributed by atoms with Crippen LogP contribution in [0.5, 0.6) is 0 Å². The predicted molar refractivity (Wildman–Crippen MR) is 66.8 cm³/mol. The van der Waals surface area contributed by atoms with Crippen LogP contribution in [0.25, 0.3) is 0 Å². The first-order chi connectivity index (χ1) is 8.55. The first-order valence-corrected chi connectivity index (χ1v) is 7.13. The lowest BCUT2D eigenvalue weighted by Crippen LogP contribution is -2.33. The van der Waals surface area contributed by atoms with E-state index in [0.29, 0.717) is 19.5 Å². The fraction of sp³-hybridized carbons (Fsp3) is 0.333. The molecule has 18 heavy (non-hydrogen) atoms. The molecule has 4 nitrogen and oxygen atoms in total. The molecule has 1 aliphatic rings. The van der Waals surface area contributed by atoms with Gasteiger partial charge in [0.2, 0.25) is 10.0 Å². The van der Waals surface area contributed by atoms with Crippen LogP contribution < -0.4 is 5.73 Å². The molecule has 0 saturated carbocycles. The molecule has 2 rings (SSSR count). The fourth-order valence-electron chi connectivity index (χ4n) is 1.86. The summed E-state index contributed by atoms with van der Waals surface area (Å²) in [5.41, 5.74) is 5.59. The Morgan fingerprint density at radius 2 is 2.11 bits per heavy atom. The third-order valence-electron chi connectivity index (χ3n) is 2.90. The minimum atomic E-state index is -3.55. The van der Waals surface area contributed by atoms with Crippen molar-refractivity contribution in [1.29, 1.82) is 0 Å². The molecule has 98 valence electrons. The normalized spacial score (nSPS) is 17.0. The van der Waals surface area contributed by atoms with Crippen LogP contribution in [-0.2, 0) is 16.6 Å². The molecule has 0 saturated heterocycles. The van der Waals surface area contributed by atoms with Crippen LogP contribution >= 0.6 is 0 Å². The van der Waals surface area contributed by atoms with Crippen molar-refractivity contribution in [3.05, 3.63) is 41.7 Å². The maximum absolute atomic E-state index is 13.3. The fourth-order valence-corrected chi connectivity index (χ4v) is 3.31. The van der Waals surface area contributed by atoms with Gasteiger partial charge in [0, 0.05) is 25.2 Å². The van der Waals surface area contributed by atoms with Gasteiger partial charge in [-0.05, 0) is 24.6 Å². The number of halogens is 1. The minimum absolute atomic E-state index is 0.0188. The van der Waals surface area contributed by atoms with E-state index in [2.05, 4.69) is 0 Å². The molecule has 0 aromatic heterocycles. The lowest BCUT2D eigenvalue weighted by atomic mass is 10.2. The Bertz CT molecular complexity index is 569. The zero-order valence-electron chi connectivity index (χ0n) is 9.84. The Morgan fingerprint density at radius 1 is 1.33 bits per heavy atom. The van der Waals surface area contributed by atoms with Crippen molar-refractivity contribution in [3.8, 4) is 0 Å². The zero-order chi connectivity index (χ0) is 13.2. The number of sulfonamides is 1. The molecule has 1 heterocycles. The Morgan fingerprint density at radius 3 is 2.72 bits per heavy atom. The molecule has 1 aliphatic heterocycles. The van der Waals surface area contributed by atoms with E-state index in [-0.39, 0.29) is 17.0 Å². The molecule has 0 spiro atoms. The number of hydrogen-bond donors (Lipinski definition) is 1. The molecular weight excluding hydrogens is 255 g/mol. The van der Waals surface area contributed by atoms with Gasteiger partial charge < -0.3 is 5.73 Å². The highest BCUT2D eigenvalue weighted by atomic mass is 32.2. The second-order valence-corrected chi connectivity index (χ2v) is 6.02. The highest BCUT2D eigenvalue weighted by molar-refractivity contribution is 7.89. The lowest BCUT2D eigenvalue weighted by molar-refractivity contribution is 0.437. The van der Waals surface area contributed by atoms with E-state index in [1.54, 1.807) is 0 Å². The third kappa shape index (κ3) is 2.45. The summed E-state index contributed by atoms with van der Waals surface area (Å²) in [6, 6.07) is 3.74. The van der Waals surface area contributed by atoms with E-state index in [9.17, 15) is 12.8 Å². The van der Waals surface area contributed by atoms with Crippen LogP contribution in [0.4, 0.5) is 4.39 Å². The number of rotatable bonds is 3. The van der Waals surface area contributed by atoms with Crippen LogP contribution in [0.1, 0.15) is 12.0 Å². The molecule has 0 fully saturated rings. The maximum atomic E-state index is 13.3. The summed E-state index contributed by atoms with van der Waals surface area (Å²) in [7, 11) is -3.55. The van der Waals surface area contributed by atoms with E-state index >= 15 is 0 Å². The Hall–Kier alpha value is -1.24. The average Bonchev–Trinajstić information content (AvgIpc) is 2.40. The van der Waals surface area contributed by atoms with E-state index in [1.165, 1.54) is 16.4 Å². The smallest absolute Gasteiger partial charge is 0.243 e. The van der Waals surface area contributed by atoms with Crippen LogP contribution in [-0.4, -0.2) is 25.8 Å². The molecule has 2 N–H and O–H groups in total. The molecule has 0 unspecified atom stereocenters. The molecule has 0 atom stereocenters. The van der Waals surface area contributed by atoms with Gasteiger partial charge in [-0.2, -0.15) is 4.31 Å². The van der Waals surface area contributed by atoms with Gasteiger partial charge in [-0.3, -0.25) is 0 Å². The van der Waals surface area contributed by atoms with Crippen molar-refractivity contribution in [2.24, 2.45) is 5.73 Å². The lowest BCUT2D eigenvalue weighted by Gasteiger charge is -2.23. The summed E-state index contributed by atoms with van der Waals surface area (Å²) >= 11 is 0. The minimum Gasteiger partial charge on any atom is -0.326 e. The molecule has 1 aromatic carbocycles. The summed E-state index contributed by atoms with van der Waals surface area (Å²) in [6.45, 7) is 0.793. The largest absolute Gasteiger partial charge is 0.326 e. The Kier molecular flexibility index (Phi) is 3.79. The average molecular weight is 270 g/mol. The maximum Gasteiger partial charge on any atom is 0.243 e. The third-order valence-corrected chi connectivity index (χ3v) is 4.76. The highest BCUT2D eigenvalue weighted by Crippen LogP contribution is 2.20. The summed E-state index contributed by atoms with van der Waals surface area (Å²) in [4.78, 5) is 0.0969. The van der Waals surface area contributed by atoms with Crippen molar-refractivity contribution >= 4 is 10.0 Å². The molecular formula is C12H15FN2O2S. The molecule has 6 heteroatoms. The quantitative estimate of drug-likeness (QED) is 0.840. The predicted octanol–water partition coefficient (Wildman–Crippen LogP) is 1.23. The van der Waals surface area contributed by atoms with Gasteiger partial charge in [0.15, 0.2) is 0 Å². The first-order valence-electron chi connectivity index (χ1n) is 5.69. The summed E-state index contributed by atoms with van der Waals surface area (Å²) < 4.78 is 39.3. The molecule has 0 amide bonds. The van der Waals surface area contributed by atoms with Gasteiger partial charge in [-0.1, -0.05) is 12.2 Å². The number of benzene rings is 1. The number of nitrogens with zero attached hydrogens (tertiary/aromatic N) is 1. The first kappa shape index (κ1) is 13.2. The van der Waals surface area contributed by atoms with Crippen LogP contribution in [0.15, 0.2) is 35.2 Å². The van der Waals surface area contributed by atoms with Crippen molar-refractivity contribution in [1.82, 2.24) is 4.31 Å². The highest BCUT2D eigenvalue weighted by Gasteiger charge is 2.24. The molecule has 0 bridgehead atoms. The van der Waals surface area contributed by atoms with Crippen LogP contribution in [0.2, 0.25) is 0 Å². The summed E-state index contributed by atoms with van der Waals surface area (Å²) in [5, 5.41) is 0. The number of hydrogen-bond acceptors (Lipinski definition) is 3. The van der Waals surface area contributed by atoms with Gasteiger partial charge in [0.05, 0.1) is 4.90 Å². The monoisotopic (exact) mass is 270 g/mol. The van der Waals surface area contributed by atoms with Crippen LogP contribution in [0, 0.1) is 5.82 Å². The van der Waals surface area contributed by atoms with E-state index in [4.69, 9.17) is 5.73 Å². The van der Waals surface area contributed by atoms with Crippen molar-refractivity contribution in [2.75, 3.05) is 13.1 Å². The second-order valence-electron chi connectivity index (χ2n) is 4.08. The van der Waals surface area contributed by atoms with Gasteiger partial charge in [-0.15, -0.1) is 0 Å². The van der Waals surface area contributed by atoms with Crippen molar-refractivity contribution in [3.63, 3.8) is 0 Å². The topological polar surface area (TPSA) is 63.4 Å². The van der Waals surface area contributed by atoms with E-state index < -0.39 is 15.8 Å².